The summed E-state index contributed by atoms with van der Waals surface area (Å²) in [6.07, 6.45) is 0. The van der Waals surface area contributed by atoms with Gasteiger partial charge in [0.2, 0.25) is 0 Å². The Morgan fingerprint density at radius 2 is 2.43 bits per heavy atom. The molecule has 71 valence electrons. The van der Waals surface area contributed by atoms with Gasteiger partial charge in [-0.15, -0.1) is 11.3 Å². The number of hydrogen-bond donors (Lipinski definition) is 0. The van der Waals surface area contributed by atoms with Crippen LogP contribution in [0.15, 0.2) is 24.3 Å². The Morgan fingerprint density at radius 1 is 1.57 bits per heavy atom. The molecule has 3 heteroatoms. The number of rotatable bonds is 2. The summed E-state index contributed by atoms with van der Waals surface area (Å²) in [5.74, 6) is -0.259. The molecule has 1 radical (unpaired) electrons. The second-order valence-electron chi connectivity index (χ2n) is 2.80. The summed E-state index contributed by atoms with van der Waals surface area (Å²) in [5, 5.41) is 3.94. The molecule has 1 aromatic carbocycles. The van der Waals surface area contributed by atoms with Crippen molar-refractivity contribution in [1.29, 1.82) is 0 Å². The van der Waals surface area contributed by atoms with Crippen LogP contribution >= 0.6 is 11.3 Å². The van der Waals surface area contributed by atoms with Crippen LogP contribution in [-0.4, -0.2) is 12.6 Å². The van der Waals surface area contributed by atoms with Gasteiger partial charge in [0, 0.05) is 15.5 Å². The zero-order valence-corrected chi connectivity index (χ0v) is 8.56. The third kappa shape index (κ3) is 1.51. The third-order valence-corrected chi connectivity index (χ3v) is 2.75. The second kappa shape index (κ2) is 3.80. The van der Waals surface area contributed by atoms with Gasteiger partial charge in [-0.3, -0.25) is 0 Å². The molecule has 0 aliphatic rings. The minimum absolute atomic E-state index is 0.259. The van der Waals surface area contributed by atoms with E-state index in [9.17, 15) is 4.79 Å². The first-order valence-electron chi connectivity index (χ1n) is 4.38. The Balaban J connectivity index is 2.50. The Hall–Kier alpha value is -1.35. The number of hydrogen-bond acceptors (Lipinski definition) is 3. The van der Waals surface area contributed by atoms with Crippen LogP contribution in [-0.2, 0) is 4.74 Å². The van der Waals surface area contributed by atoms with E-state index >= 15 is 0 Å². The molecule has 1 heterocycles. The highest BCUT2D eigenvalue weighted by molar-refractivity contribution is 7.16. The highest BCUT2D eigenvalue weighted by atomic mass is 32.1. The molecular formula is C11H9O2S. The van der Waals surface area contributed by atoms with Crippen LogP contribution < -0.4 is 0 Å². The monoisotopic (exact) mass is 205 g/mol. The molecule has 2 rings (SSSR count). The summed E-state index contributed by atoms with van der Waals surface area (Å²) in [5.41, 5.74) is 0.627. The number of thiophene rings is 1. The zero-order valence-electron chi connectivity index (χ0n) is 7.74. The van der Waals surface area contributed by atoms with Crippen molar-refractivity contribution in [3.63, 3.8) is 0 Å². The summed E-state index contributed by atoms with van der Waals surface area (Å²) in [6.45, 7) is 2.21. The van der Waals surface area contributed by atoms with Crippen molar-refractivity contribution in [1.82, 2.24) is 0 Å². The summed E-state index contributed by atoms with van der Waals surface area (Å²) >= 11 is 1.50. The number of esters is 1. The standard InChI is InChI=1S/C11H9O2S/c1-2-13-11(12)9-4-3-5-10-8(9)6-7-14-10/h3-6H,2H2,1H3. The van der Waals surface area contributed by atoms with E-state index in [1.54, 1.807) is 13.0 Å². The minimum Gasteiger partial charge on any atom is -0.462 e. The van der Waals surface area contributed by atoms with E-state index in [2.05, 4.69) is 5.38 Å². The molecule has 0 fully saturated rings. The molecule has 0 N–H and O–H groups in total. The smallest absolute Gasteiger partial charge is 0.338 e. The molecule has 14 heavy (non-hydrogen) atoms. The number of fused-ring (bicyclic) bond motifs is 1. The predicted octanol–water partition coefficient (Wildman–Crippen LogP) is 2.88. The molecular weight excluding hydrogens is 196 g/mol. The Morgan fingerprint density at radius 3 is 3.21 bits per heavy atom. The van der Waals surface area contributed by atoms with Gasteiger partial charge in [0.1, 0.15) is 0 Å². The van der Waals surface area contributed by atoms with Crippen molar-refractivity contribution in [3.05, 3.63) is 35.2 Å². The SMILES string of the molecule is CCOC(=O)c1cccc2s[c]cc12. The van der Waals surface area contributed by atoms with Gasteiger partial charge in [-0.05, 0) is 25.1 Å². The molecule has 0 unspecified atom stereocenters. The first kappa shape index (κ1) is 9.21. The lowest BCUT2D eigenvalue weighted by molar-refractivity contribution is 0.0529. The van der Waals surface area contributed by atoms with Gasteiger partial charge in [0.15, 0.2) is 0 Å². The summed E-state index contributed by atoms with van der Waals surface area (Å²) in [4.78, 5) is 11.5. The fourth-order valence-corrected chi connectivity index (χ4v) is 2.05. The van der Waals surface area contributed by atoms with Crippen molar-refractivity contribution in [2.75, 3.05) is 6.61 Å². The van der Waals surface area contributed by atoms with Crippen LogP contribution in [0, 0.1) is 5.38 Å². The van der Waals surface area contributed by atoms with Crippen molar-refractivity contribution in [3.8, 4) is 0 Å². The maximum atomic E-state index is 11.5. The van der Waals surface area contributed by atoms with E-state index in [0.29, 0.717) is 12.2 Å². The summed E-state index contributed by atoms with van der Waals surface area (Å²) in [7, 11) is 0. The van der Waals surface area contributed by atoms with Gasteiger partial charge >= 0.3 is 5.97 Å². The maximum absolute atomic E-state index is 11.5. The molecule has 2 aromatic rings. The molecule has 0 bridgehead atoms. The minimum atomic E-state index is -0.259. The van der Waals surface area contributed by atoms with Gasteiger partial charge in [-0.1, -0.05) is 6.07 Å². The van der Waals surface area contributed by atoms with Crippen molar-refractivity contribution >= 4 is 27.4 Å². The second-order valence-corrected chi connectivity index (χ2v) is 3.68. The molecule has 0 aliphatic carbocycles. The first-order valence-corrected chi connectivity index (χ1v) is 5.20. The number of benzene rings is 1. The van der Waals surface area contributed by atoms with E-state index in [-0.39, 0.29) is 5.97 Å². The Labute approximate surface area is 86.1 Å². The lowest BCUT2D eigenvalue weighted by atomic mass is 10.1. The highest BCUT2D eigenvalue weighted by Gasteiger charge is 2.10. The van der Waals surface area contributed by atoms with Gasteiger partial charge in [0.05, 0.1) is 12.2 Å². The number of carbonyl (C=O) groups excluding carboxylic acids is 1. The normalized spacial score (nSPS) is 10.4. The van der Waals surface area contributed by atoms with Crippen LogP contribution in [0.2, 0.25) is 0 Å². The maximum Gasteiger partial charge on any atom is 0.338 e. The first-order chi connectivity index (χ1) is 6.83. The largest absolute Gasteiger partial charge is 0.462 e. The van der Waals surface area contributed by atoms with Crippen LogP contribution in [0.4, 0.5) is 0 Å². The molecule has 0 amide bonds. The summed E-state index contributed by atoms with van der Waals surface area (Å²) in [6, 6.07) is 7.44. The third-order valence-electron chi connectivity index (χ3n) is 1.93. The van der Waals surface area contributed by atoms with E-state index in [1.165, 1.54) is 11.3 Å². The van der Waals surface area contributed by atoms with Crippen LogP contribution in [0.25, 0.3) is 10.1 Å². The average molecular weight is 205 g/mol. The quantitative estimate of drug-likeness (QED) is 0.705. The molecule has 0 aliphatic heterocycles. The number of carbonyl (C=O) groups is 1. The summed E-state index contributed by atoms with van der Waals surface area (Å²) < 4.78 is 6.02. The highest BCUT2D eigenvalue weighted by Crippen LogP contribution is 2.23. The van der Waals surface area contributed by atoms with Crippen LogP contribution in [0.3, 0.4) is 0 Å². The predicted molar refractivity (Wildman–Crippen MR) is 56.6 cm³/mol. The Kier molecular flexibility index (Phi) is 2.50. The zero-order chi connectivity index (χ0) is 9.97. The fourth-order valence-electron chi connectivity index (χ4n) is 1.32. The average Bonchev–Trinajstić information content (AvgIpc) is 2.65. The van der Waals surface area contributed by atoms with Gasteiger partial charge < -0.3 is 4.74 Å². The molecule has 0 spiro atoms. The molecule has 0 saturated carbocycles. The lowest BCUT2D eigenvalue weighted by Gasteiger charge is -2.02. The molecule has 1 aromatic heterocycles. The topological polar surface area (TPSA) is 26.3 Å². The van der Waals surface area contributed by atoms with E-state index in [1.807, 2.05) is 18.2 Å². The van der Waals surface area contributed by atoms with Crippen molar-refractivity contribution in [2.45, 2.75) is 6.92 Å². The van der Waals surface area contributed by atoms with Crippen LogP contribution in [0.5, 0.6) is 0 Å². The molecule has 2 nitrogen and oxygen atoms in total. The van der Waals surface area contributed by atoms with E-state index in [4.69, 9.17) is 4.74 Å². The molecule has 0 atom stereocenters. The van der Waals surface area contributed by atoms with Gasteiger partial charge in [0.25, 0.3) is 0 Å². The van der Waals surface area contributed by atoms with Gasteiger partial charge in [-0.2, -0.15) is 0 Å². The number of ether oxygens (including phenoxy) is 1. The lowest BCUT2D eigenvalue weighted by Crippen LogP contribution is -2.04. The van der Waals surface area contributed by atoms with Crippen molar-refractivity contribution < 1.29 is 9.53 Å². The van der Waals surface area contributed by atoms with Crippen molar-refractivity contribution in [2.24, 2.45) is 0 Å². The fraction of sp³-hybridized carbons (Fsp3) is 0.182. The Bertz CT molecular complexity index is 459. The van der Waals surface area contributed by atoms with Gasteiger partial charge in [-0.25, -0.2) is 4.79 Å². The van der Waals surface area contributed by atoms with E-state index < -0.39 is 0 Å². The van der Waals surface area contributed by atoms with E-state index in [0.717, 1.165) is 10.1 Å². The molecule has 0 saturated heterocycles. The van der Waals surface area contributed by atoms with Crippen LogP contribution in [0.1, 0.15) is 17.3 Å².